The van der Waals surface area contributed by atoms with E-state index < -0.39 is 0 Å². The van der Waals surface area contributed by atoms with Gasteiger partial charge in [-0.2, -0.15) is 0 Å². The van der Waals surface area contributed by atoms with Crippen LogP contribution in [-0.2, 0) is 0 Å². The van der Waals surface area contributed by atoms with E-state index in [1.165, 1.54) is 19.3 Å². The molecule has 0 saturated heterocycles. The summed E-state index contributed by atoms with van der Waals surface area (Å²) in [6.45, 7) is 3.96. The van der Waals surface area contributed by atoms with E-state index in [-0.39, 0.29) is 6.61 Å². The lowest BCUT2D eigenvalue weighted by atomic mass is 9.79. The highest BCUT2D eigenvalue weighted by atomic mass is 16.3. The minimum atomic E-state index is 0.278. The van der Waals surface area contributed by atoms with E-state index in [1.54, 1.807) is 0 Å². The van der Waals surface area contributed by atoms with Gasteiger partial charge in [0, 0.05) is 6.61 Å². The van der Waals surface area contributed by atoms with Crippen LogP contribution in [0.2, 0.25) is 0 Å². The fourth-order valence-electron chi connectivity index (χ4n) is 1.40. The molecule has 1 saturated carbocycles. The van der Waals surface area contributed by atoms with Gasteiger partial charge in [-0.1, -0.05) is 25.3 Å². The molecule has 1 heteroatoms. The normalized spacial score (nSPS) is 21.7. The average molecular weight is 140 g/mol. The Kier molecular flexibility index (Phi) is 2.94. The second kappa shape index (κ2) is 3.77. The van der Waals surface area contributed by atoms with E-state index in [2.05, 4.69) is 6.58 Å². The van der Waals surface area contributed by atoms with E-state index in [0.717, 1.165) is 12.3 Å². The molecule has 0 spiro atoms. The van der Waals surface area contributed by atoms with Crippen molar-refractivity contribution in [2.75, 3.05) is 6.61 Å². The summed E-state index contributed by atoms with van der Waals surface area (Å²) in [5.41, 5.74) is 0. The summed E-state index contributed by atoms with van der Waals surface area (Å²) in [7, 11) is 0. The maximum atomic E-state index is 8.82. The summed E-state index contributed by atoms with van der Waals surface area (Å²) in [6.07, 6.45) is 7.15. The molecule has 1 rings (SSSR count). The first-order valence-corrected chi connectivity index (χ1v) is 4.10. The molecule has 0 amide bonds. The lowest BCUT2D eigenvalue weighted by Gasteiger charge is -2.27. The quantitative estimate of drug-likeness (QED) is 0.592. The zero-order valence-corrected chi connectivity index (χ0v) is 6.42. The van der Waals surface area contributed by atoms with Gasteiger partial charge in [-0.3, -0.25) is 0 Å². The molecule has 1 aliphatic rings. The van der Waals surface area contributed by atoms with E-state index in [0.29, 0.717) is 5.92 Å². The standard InChI is InChI=1S/C9H16O/c1-2-8(7-10)6-9-4-3-5-9/h2,8-10H,1,3-7H2/t8-/m0/s1. The molecule has 0 aromatic heterocycles. The highest BCUT2D eigenvalue weighted by molar-refractivity contribution is 4.83. The zero-order valence-electron chi connectivity index (χ0n) is 6.42. The Morgan fingerprint density at radius 3 is 2.60 bits per heavy atom. The number of aliphatic hydroxyl groups is 1. The Hall–Kier alpha value is -0.300. The summed E-state index contributed by atoms with van der Waals surface area (Å²) >= 11 is 0. The molecule has 1 nitrogen and oxygen atoms in total. The Bertz CT molecular complexity index is 105. The Morgan fingerprint density at radius 1 is 1.60 bits per heavy atom. The van der Waals surface area contributed by atoms with Crippen LogP contribution >= 0.6 is 0 Å². The van der Waals surface area contributed by atoms with Crippen molar-refractivity contribution in [3.8, 4) is 0 Å². The van der Waals surface area contributed by atoms with Crippen LogP contribution in [0.15, 0.2) is 12.7 Å². The van der Waals surface area contributed by atoms with Gasteiger partial charge in [0.1, 0.15) is 0 Å². The molecular formula is C9H16O. The monoisotopic (exact) mass is 140 g/mol. The number of hydrogen-bond donors (Lipinski definition) is 1. The molecule has 1 atom stereocenters. The van der Waals surface area contributed by atoms with Crippen molar-refractivity contribution in [2.24, 2.45) is 11.8 Å². The van der Waals surface area contributed by atoms with Gasteiger partial charge < -0.3 is 5.11 Å². The minimum Gasteiger partial charge on any atom is -0.396 e. The molecule has 0 aliphatic heterocycles. The molecule has 0 unspecified atom stereocenters. The number of rotatable bonds is 4. The summed E-state index contributed by atoms with van der Waals surface area (Å²) in [5.74, 6) is 1.24. The second-order valence-corrected chi connectivity index (χ2v) is 3.21. The Balaban J connectivity index is 2.13. The summed E-state index contributed by atoms with van der Waals surface area (Å²) in [5, 5.41) is 8.82. The Labute approximate surface area is 62.8 Å². The van der Waals surface area contributed by atoms with Gasteiger partial charge >= 0.3 is 0 Å². The van der Waals surface area contributed by atoms with E-state index >= 15 is 0 Å². The lowest BCUT2D eigenvalue weighted by Crippen LogP contribution is -2.16. The number of hydrogen-bond acceptors (Lipinski definition) is 1. The topological polar surface area (TPSA) is 20.2 Å². The number of aliphatic hydroxyl groups excluding tert-OH is 1. The summed E-state index contributed by atoms with van der Waals surface area (Å²) in [4.78, 5) is 0. The second-order valence-electron chi connectivity index (χ2n) is 3.21. The van der Waals surface area contributed by atoms with Gasteiger partial charge in [0.15, 0.2) is 0 Å². The first-order valence-electron chi connectivity index (χ1n) is 4.10. The van der Waals surface area contributed by atoms with Gasteiger partial charge in [0.05, 0.1) is 0 Å². The molecule has 0 heterocycles. The third kappa shape index (κ3) is 1.84. The lowest BCUT2D eigenvalue weighted by molar-refractivity contribution is 0.197. The average Bonchev–Trinajstić information content (AvgIpc) is 1.87. The predicted octanol–water partition coefficient (Wildman–Crippen LogP) is 1.97. The van der Waals surface area contributed by atoms with E-state index in [1.807, 2.05) is 6.08 Å². The molecule has 0 radical (unpaired) electrons. The third-order valence-electron chi connectivity index (χ3n) is 2.43. The fourth-order valence-corrected chi connectivity index (χ4v) is 1.40. The largest absolute Gasteiger partial charge is 0.396 e. The maximum absolute atomic E-state index is 8.82. The van der Waals surface area contributed by atoms with Crippen LogP contribution in [0.3, 0.4) is 0 Å². The highest BCUT2D eigenvalue weighted by Crippen LogP contribution is 2.32. The van der Waals surface area contributed by atoms with Gasteiger partial charge in [-0.15, -0.1) is 6.58 Å². The van der Waals surface area contributed by atoms with Crippen molar-refractivity contribution in [3.63, 3.8) is 0 Å². The Morgan fingerprint density at radius 2 is 2.30 bits per heavy atom. The van der Waals surface area contributed by atoms with Crippen molar-refractivity contribution in [3.05, 3.63) is 12.7 Å². The van der Waals surface area contributed by atoms with Gasteiger partial charge in [-0.05, 0) is 18.3 Å². The van der Waals surface area contributed by atoms with Crippen molar-refractivity contribution >= 4 is 0 Å². The predicted molar refractivity (Wildman–Crippen MR) is 42.7 cm³/mol. The van der Waals surface area contributed by atoms with Crippen LogP contribution in [0.25, 0.3) is 0 Å². The van der Waals surface area contributed by atoms with Gasteiger partial charge in [-0.25, -0.2) is 0 Å². The molecular weight excluding hydrogens is 124 g/mol. The fraction of sp³-hybridized carbons (Fsp3) is 0.778. The van der Waals surface area contributed by atoms with Gasteiger partial charge in [0.2, 0.25) is 0 Å². The van der Waals surface area contributed by atoms with Crippen molar-refractivity contribution < 1.29 is 5.11 Å². The van der Waals surface area contributed by atoms with Crippen LogP contribution in [0.4, 0.5) is 0 Å². The molecule has 58 valence electrons. The smallest absolute Gasteiger partial charge is 0.0493 e. The molecule has 1 N–H and O–H groups in total. The SMILES string of the molecule is C=C[C@H](CO)CC1CCC1. The van der Waals surface area contributed by atoms with Crippen molar-refractivity contribution in [1.29, 1.82) is 0 Å². The van der Waals surface area contributed by atoms with Crippen LogP contribution in [0, 0.1) is 11.8 Å². The first-order chi connectivity index (χ1) is 4.86. The minimum absolute atomic E-state index is 0.278. The molecule has 1 aliphatic carbocycles. The molecule has 0 aromatic carbocycles. The van der Waals surface area contributed by atoms with Crippen LogP contribution in [0.1, 0.15) is 25.7 Å². The molecule has 0 aromatic rings. The van der Waals surface area contributed by atoms with E-state index in [4.69, 9.17) is 5.11 Å². The van der Waals surface area contributed by atoms with Crippen molar-refractivity contribution in [1.82, 2.24) is 0 Å². The van der Waals surface area contributed by atoms with Crippen LogP contribution < -0.4 is 0 Å². The van der Waals surface area contributed by atoms with Crippen molar-refractivity contribution in [2.45, 2.75) is 25.7 Å². The molecule has 10 heavy (non-hydrogen) atoms. The highest BCUT2D eigenvalue weighted by Gasteiger charge is 2.19. The molecule has 0 bridgehead atoms. The zero-order chi connectivity index (χ0) is 7.40. The van der Waals surface area contributed by atoms with Crippen LogP contribution in [0.5, 0.6) is 0 Å². The van der Waals surface area contributed by atoms with E-state index in [9.17, 15) is 0 Å². The summed E-state index contributed by atoms with van der Waals surface area (Å²) < 4.78 is 0. The maximum Gasteiger partial charge on any atom is 0.0493 e. The molecule has 1 fully saturated rings. The first kappa shape index (κ1) is 7.80. The van der Waals surface area contributed by atoms with Crippen LogP contribution in [-0.4, -0.2) is 11.7 Å². The summed E-state index contributed by atoms with van der Waals surface area (Å²) in [6, 6.07) is 0. The third-order valence-corrected chi connectivity index (χ3v) is 2.43. The van der Waals surface area contributed by atoms with Gasteiger partial charge in [0.25, 0.3) is 0 Å².